The van der Waals surface area contributed by atoms with Gasteiger partial charge < -0.3 is 14.8 Å². The third kappa shape index (κ3) is 2.60. The number of nitro groups is 1. The summed E-state index contributed by atoms with van der Waals surface area (Å²) in [6.07, 6.45) is 10.6. The van der Waals surface area contributed by atoms with Gasteiger partial charge in [-0.3, -0.25) is 10.1 Å². The number of allylic oxidation sites excluding steroid dienone is 4. The number of benzene rings is 2. The van der Waals surface area contributed by atoms with Crippen LogP contribution in [0, 0.1) is 22.0 Å². The molecule has 2 aliphatic heterocycles. The molecule has 0 aromatic heterocycles. The Bertz CT molecular complexity index is 1170. The topological polar surface area (TPSA) is 86.5 Å². The van der Waals surface area contributed by atoms with Gasteiger partial charge in [-0.05, 0) is 59.1 Å². The average molecular weight is 413 g/mol. The van der Waals surface area contributed by atoms with E-state index in [2.05, 4.69) is 29.2 Å². The Morgan fingerprint density at radius 1 is 1.03 bits per heavy atom. The molecule has 2 aromatic rings. The van der Waals surface area contributed by atoms with Gasteiger partial charge in [0.15, 0.2) is 0 Å². The number of fused-ring (bicyclic) bond motifs is 4. The Kier molecular flexibility index (Phi) is 3.88. The van der Waals surface area contributed by atoms with Gasteiger partial charge in [0.2, 0.25) is 0 Å². The molecule has 156 valence electrons. The molecule has 2 aliphatic carbocycles. The van der Waals surface area contributed by atoms with Crippen molar-refractivity contribution >= 4 is 17.3 Å². The van der Waals surface area contributed by atoms with Crippen LogP contribution in [0.25, 0.3) is 0 Å². The molecule has 0 bridgehead atoms. The van der Waals surface area contributed by atoms with E-state index in [1.54, 1.807) is 24.3 Å². The van der Waals surface area contributed by atoms with Crippen molar-refractivity contribution in [2.24, 2.45) is 11.8 Å². The first kappa shape index (κ1) is 18.4. The van der Waals surface area contributed by atoms with Gasteiger partial charge in [-0.2, -0.15) is 0 Å². The zero-order valence-corrected chi connectivity index (χ0v) is 16.8. The molecule has 0 fully saturated rings. The Hall–Kier alpha value is -3.41. The number of aromatic carboxylic acids is 1. The molecular formula is C25H21N2O4-. The number of hydrogen-bond acceptors (Lipinski definition) is 5. The van der Waals surface area contributed by atoms with Crippen LogP contribution in [0.3, 0.4) is 0 Å². The molecule has 0 spiro atoms. The van der Waals surface area contributed by atoms with Gasteiger partial charge in [-0.1, -0.05) is 36.4 Å². The van der Waals surface area contributed by atoms with Crippen molar-refractivity contribution < 1.29 is 14.8 Å². The summed E-state index contributed by atoms with van der Waals surface area (Å²) in [5, 5.41) is 23.2. The number of rotatable bonds is 3. The standard InChI is InChI=1S/C25H22N2O4/c28-25(29)16-11-21-18-7-2-5-15(18)13-26-23(14-4-1-6-17(10-14)27(30)31)20-9-3-8-19(20)22(12-16)24(21)26/h1-4,6-8,10-12,15,18-20,23H,5,9,13H2,(H,28,29)/p-1/t15-,18+,19+,20+,23-/m1/s1. The predicted octanol–water partition coefficient (Wildman–Crippen LogP) is 3.85. The normalized spacial score (nSPS) is 29.4. The van der Waals surface area contributed by atoms with Crippen LogP contribution in [0.2, 0.25) is 0 Å². The van der Waals surface area contributed by atoms with E-state index in [-0.39, 0.29) is 40.0 Å². The lowest BCUT2D eigenvalue weighted by Crippen LogP contribution is -2.46. The second-order valence-corrected chi connectivity index (χ2v) is 9.04. The van der Waals surface area contributed by atoms with Gasteiger partial charge in [0.25, 0.3) is 5.69 Å². The Labute approximate surface area is 179 Å². The van der Waals surface area contributed by atoms with Crippen molar-refractivity contribution in [3.63, 3.8) is 0 Å². The molecule has 6 rings (SSSR count). The monoisotopic (exact) mass is 413 g/mol. The van der Waals surface area contributed by atoms with E-state index in [4.69, 9.17) is 0 Å². The van der Waals surface area contributed by atoms with Gasteiger partial charge in [-0.15, -0.1) is 0 Å². The molecule has 0 saturated carbocycles. The van der Waals surface area contributed by atoms with Crippen LogP contribution < -0.4 is 10.0 Å². The van der Waals surface area contributed by atoms with Crippen LogP contribution in [0.4, 0.5) is 11.4 Å². The van der Waals surface area contributed by atoms with Crippen molar-refractivity contribution in [2.45, 2.75) is 30.7 Å². The van der Waals surface area contributed by atoms with Crippen molar-refractivity contribution in [1.29, 1.82) is 0 Å². The number of anilines is 1. The number of non-ortho nitro benzene ring substituents is 1. The number of carboxylic acid groups (broad SMARTS) is 1. The van der Waals surface area contributed by atoms with E-state index in [0.29, 0.717) is 5.92 Å². The van der Waals surface area contributed by atoms with E-state index in [1.807, 2.05) is 6.07 Å². The van der Waals surface area contributed by atoms with Crippen LogP contribution in [0.5, 0.6) is 0 Å². The molecule has 0 unspecified atom stereocenters. The van der Waals surface area contributed by atoms with Crippen LogP contribution in [-0.4, -0.2) is 17.4 Å². The summed E-state index contributed by atoms with van der Waals surface area (Å²) in [5.41, 5.74) is 4.52. The second-order valence-electron chi connectivity index (χ2n) is 9.04. The first-order valence-electron chi connectivity index (χ1n) is 10.8. The molecule has 0 amide bonds. The maximum Gasteiger partial charge on any atom is 0.269 e. The third-order valence-electron chi connectivity index (χ3n) is 7.51. The average Bonchev–Trinajstić information content (AvgIpc) is 3.43. The molecule has 4 aliphatic rings. The SMILES string of the molecule is O=C([O-])c1cc2c3c(c1)[C@H]1C=CC[C@@H]1[C@@H](c1cccc([N+](=O)[O-])c1)N3C[C@H]1CC=C[C@H]21. The van der Waals surface area contributed by atoms with Crippen LogP contribution >= 0.6 is 0 Å². The van der Waals surface area contributed by atoms with Crippen molar-refractivity contribution in [1.82, 2.24) is 0 Å². The predicted molar refractivity (Wildman–Crippen MR) is 114 cm³/mol. The third-order valence-corrected chi connectivity index (χ3v) is 7.51. The van der Waals surface area contributed by atoms with Gasteiger partial charge in [-0.25, -0.2) is 0 Å². The van der Waals surface area contributed by atoms with Crippen molar-refractivity contribution in [2.75, 3.05) is 11.4 Å². The maximum absolute atomic E-state index is 11.8. The molecule has 2 aromatic carbocycles. The van der Waals surface area contributed by atoms with E-state index < -0.39 is 5.97 Å². The van der Waals surface area contributed by atoms with Crippen LogP contribution in [0.15, 0.2) is 60.7 Å². The number of carbonyl (C=O) groups is 1. The summed E-state index contributed by atoms with van der Waals surface area (Å²) in [6.45, 7) is 0.860. The first-order chi connectivity index (χ1) is 15.0. The highest BCUT2D eigenvalue weighted by Crippen LogP contribution is 2.59. The quantitative estimate of drug-likeness (QED) is 0.433. The van der Waals surface area contributed by atoms with E-state index >= 15 is 0 Å². The number of hydrogen-bond donors (Lipinski definition) is 0. The number of nitro benzene ring substituents is 1. The van der Waals surface area contributed by atoms with E-state index in [0.717, 1.165) is 41.8 Å². The molecule has 2 heterocycles. The maximum atomic E-state index is 11.8. The summed E-state index contributed by atoms with van der Waals surface area (Å²) >= 11 is 0. The number of nitrogens with zero attached hydrogens (tertiary/aromatic N) is 2. The minimum absolute atomic E-state index is 0.0153. The lowest BCUT2D eigenvalue weighted by molar-refractivity contribution is -0.384. The Morgan fingerprint density at radius 3 is 2.55 bits per heavy atom. The summed E-state index contributed by atoms with van der Waals surface area (Å²) in [4.78, 5) is 25.3. The summed E-state index contributed by atoms with van der Waals surface area (Å²) in [5.74, 6) is -0.253. The highest BCUT2D eigenvalue weighted by molar-refractivity contribution is 5.89. The number of carboxylic acids is 1. The largest absolute Gasteiger partial charge is 0.545 e. The summed E-state index contributed by atoms with van der Waals surface area (Å²) in [6, 6.07) is 10.6. The van der Waals surface area contributed by atoms with Crippen molar-refractivity contribution in [3.05, 3.63) is 93.1 Å². The molecule has 6 heteroatoms. The molecule has 5 atom stereocenters. The second kappa shape index (κ2) is 6.54. The Balaban J connectivity index is 1.58. The van der Waals surface area contributed by atoms with Gasteiger partial charge >= 0.3 is 0 Å². The Morgan fingerprint density at radius 2 is 1.77 bits per heavy atom. The van der Waals surface area contributed by atoms with Crippen LogP contribution in [-0.2, 0) is 0 Å². The molecule has 6 nitrogen and oxygen atoms in total. The fourth-order valence-electron chi connectivity index (χ4n) is 6.30. The van der Waals surface area contributed by atoms with Crippen LogP contribution in [0.1, 0.15) is 57.8 Å². The number of carbonyl (C=O) groups excluding carboxylic acids is 1. The molecule has 0 saturated heterocycles. The minimum Gasteiger partial charge on any atom is -0.545 e. The zero-order chi connectivity index (χ0) is 21.3. The highest BCUT2D eigenvalue weighted by atomic mass is 16.6. The first-order valence-corrected chi connectivity index (χ1v) is 10.8. The molecular weight excluding hydrogens is 392 g/mol. The fraction of sp³-hybridized carbons (Fsp3) is 0.320. The van der Waals surface area contributed by atoms with Crippen molar-refractivity contribution in [3.8, 4) is 0 Å². The van der Waals surface area contributed by atoms with E-state index in [9.17, 15) is 20.0 Å². The zero-order valence-electron chi connectivity index (χ0n) is 16.8. The van der Waals surface area contributed by atoms with E-state index in [1.165, 1.54) is 6.07 Å². The van der Waals surface area contributed by atoms with Gasteiger partial charge in [0.05, 0.1) is 16.9 Å². The molecule has 31 heavy (non-hydrogen) atoms. The molecule has 0 N–H and O–H groups in total. The minimum atomic E-state index is -1.14. The van der Waals surface area contributed by atoms with Gasteiger partial charge in [0, 0.05) is 36.2 Å². The lowest BCUT2D eigenvalue weighted by Gasteiger charge is -2.51. The molecule has 0 radical (unpaired) electrons. The van der Waals surface area contributed by atoms with Gasteiger partial charge in [0.1, 0.15) is 0 Å². The summed E-state index contributed by atoms with van der Waals surface area (Å²) in [7, 11) is 0. The fourth-order valence-corrected chi connectivity index (χ4v) is 6.30. The summed E-state index contributed by atoms with van der Waals surface area (Å²) < 4.78 is 0. The highest BCUT2D eigenvalue weighted by Gasteiger charge is 2.48. The smallest absolute Gasteiger partial charge is 0.269 e. The lowest BCUT2D eigenvalue weighted by atomic mass is 9.70.